The number of likely N-dealkylation sites (N-methyl/N-ethyl adjacent to an activating group) is 1. The molecule has 0 amide bonds. The maximum Gasteiger partial charge on any atom is 0.228 e. The molecule has 4 heterocycles. The Morgan fingerprint density at radius 3 is 2.71 bits per heavy atom. The molecule has 0 saturated carbocycles. The van der Waals surface area contributed by atoms with E-state index in [1.807, 2.05) is 30.3 Å². The Hall–Kier alpha value is -3.20. The number of nitrogens with one attached hydrogen (secondary N) is 1. The van der Waals surface area contributed by atoms with E-state index in [9.17, 15) is 5.11 Å². The van der Waals surface area contributed by atoms with Crippen molar-refractivity contribution in [2.45, 2.75) is 31.0 Å². The van der Waals surface area contributed by atoms with Crippen LogP contribution in [0.5, 0.6) is 5.75 Å². The Bertz CT molecular complexity index is 1570. The van der Waals surface area contributed by atoms with E-state index in [2.05, 4.69) is 34.1 Å². The molecule has 3 aromatic carbocycles. The quantitative estimate of drug-likeness (QED) is 0.397. The minimum absolute atomic E-state index is 0.0606. The second-order valence-electron chi connectivity index (χ2n) is 10.9. The van der Waals surface area contributed by atoms with E-state index in [4.69, 9.17) is 21.6 Å². The number of phenols is 1. The number of benzene rings is 3. The van der Waals surface area contributed by atoms with E-state index in [0.29, 0.717) is 35.0 Å². The fourth-order valence-corrected chi connectivity index (χ4v) is 6.64. The summed E-state index contributed by atoms with van der Waals surface area (Å²) in [7, 11) is 4.14. The lowest BCUT2D eigenvalue weighted by Gasteiger charge is -2.43. The highest BCUT2D eigenvalue weighted by atomic mass is 35.5. The molecule has 0 bridgehead atoms. The van der Waals surface area contributed by atoms with Crippen molar-refractivity contribution in [2.75, 3.05) is 50.1 Å². The first-order valence-corrected chi connectivity index (χ1v) is 13.6. The van der Waals surface area contributed by atoms with Crippen LogP contribution in [0, 0.1) is 5.82 Å². The largest absolute Gasteiger partial charge is 0.508 e. The number of phenolic OH excluding ortho intramolecular Hbond substituents is 1. The number of anilines is 2. The van der Waals surface area contributed by atoms with Crippen LogP contribution in [0.3, 0.4) is 0 Å². The molecule has 0 radical (unpaired) electrons. The van der Waals surface area contributed by atoms with E-state index in [0.717, 1.165) is 55.6 Å². The minimum atomic E-state index is -0.488. The van der Waals surface area contributed by atoms with Crippen molar-refractivity contribution in [2.24, 2.45) is 0 Å². The Morgan fingerprint density at radius 2 is 1.89 bits per heavy atom. The molecule has 2 atom stereocenters. The Labute approximate surface area is 225 Å². The predicted molar refractivity (Wildman–Crippen MR) is 151 cm³/mol. The molecule has 3 fully saturated rings. The first-order valence-electron chi connectivity index (χ1n) is 13.2. The topological polar surface area (TPSA) is 67.8 Å². The number of nitrogens with zero attached hydrogens (tertiary/aromatic N) is 5. The van der Waals surface area contributed by atoms with Crippen molar-refractivity contribution in [1.82, 2.24) is 20.2 Å². The second kappa shape index (κ2) is 8.93. The van der Waals surface area contributed by atoms with Crippen LogP contribution in [0.1, 0.15) is 12.8 Å². The van der Waals surface area contributed by atoms with Gasteiger partial charge in [0.15, 0.2) is 5.82 Å². The first kappa shape index (κ1) is 23.9. The molecule has 2 N–H and O–H groups in total. The van der Waals surface area contributed by atoms with Crippen molar-refractivity contribution in [3.63, 3.8) is 0 Å². The monoisotopic (exact) mass is 532 g/mol. The van der Waals surface area contributed by atoms with Crippen LogP contribution in [0.15, 0.2) is 42.5 Å². The molecular formula is C29H30ClFN6O. The average molecular weight is 533 g/mol. The number of rotatable bonds is 4. The van der Waals surface area contributed by atoms with E-state index in [1.54, 1.807) is 12.1 Å². The molecule has 0 aliphatic carbocycles. The number of halogens is 2. The highest BCUT2D eigenvalue weighted by molar-refractivity contribution is 6.35. The van der Waals surface area contributed by atoms with Gasteiger partial charge in [0, 0.05) is 48.7 Å². The summed E-state index contributed by atoms with van der Waals surface area (Å²) in [6.07, 6.45) is 2.06. The number of hydrogen-bond donors (Lipinski definition) is 2. The summed E-state index contributed by atoms with van der Waals surface area (Å²) in [5, 5.41) is 16.6. The van der Waals surface area contributed by atoms with Crippen LogP contribution >= 0.6 is 11.6 Å². The minimum Gasteiger partial charge on any atom is -0.508 e. The zero-order valence-electron chi connectivity index (χ0n) is 21.5. The molecule has 4 aromatic rings. The molecule has 3 aliphatic heterocycles. The van der Waals surface area contributed by atoms with E-state index in [-0.39, 0.29) is 21.9 Å². The van der Waals surface area contributed by atoms with Gasteiger partial charge in [0.2, 0.25) is 5.95 Å². The third-order valence-electron chi connectivity index (χ3n) is 8.51. The lowest BCUT2D eigenvalue weighted by molar-refractivity contribution is 0.245. The van der Waals surface area contributed by atoms with E-state index >= 15 is 4.39 Å². The molecule has 3 aliphatic rings. The van der Waals surface area contributed by atoms with Crippen LogP contribution in [0.4, 0.5) is 16.2 Å². The average Bonchev–Trinajstić information content (AvgIpc) is 3.47. The lowest BCUT2D eigenvalue weighted by Crippen LogP contribution is -2.58. The number of fused-ring (bicyclic) bond motifs is 3. The van der Waals surface area contributed by atoms with Gasteiger partial charge >= 0.3 is 0 Å². The van der Waals surface area contributed by atoms with Gasteiger partial charge in [-0.1, -0.05) is 35.9 Å². The van der Waals surface area contributed by atoms with Gasteiger partial charge in [0.05, 0.1) is 5.02 Å². The van der Waals surface area contributed by atoms with Crippen LogP contribution in [0.2, 0.25) is 5.02 Å². The summed E-state index contributed by atoms with van der Waals surface area (Å²) in [4.78, 5) is 16.5. The zero-order chi connectivity index (χ0) is 26.1. The first-order chi connectivity index (χ1) is 18.4. The third-order valence-corrected chi connectivity index (χ3v) is 8.80. The van der Waals surface area contributed by atoms with Gasteiger partial charge < -0.3 is 25.1 Å². The van der Waals surface area contributed by atoms with Gasteiger partial charge in [-0.15, -0.1) is 0 Å². The SMILES string of the molecule is CN(C)C1CN(c2nc(N3CCC4NCCC43)c3cc(Cl)c(-c4cc(O)cc5ccccc45)c(F)c3n2)C1. The second-order valence-corrected chi connectivity index (χ2v) is 11.3. The van der Waals surface area contributed by atoms with E-state index in [1.165, 1.54) is 0 Å². The summed E-state index contributed by atoms with van der Waals surface area (Å²) in [6.45, 7) is 3.42. The zero-order valence-corrected chi connectivity index (χ0v) is 22.2. The van der Waals surface area contributed by atoms with Crippen molar-refractivity contribution in [3.8, 4) is 16.9 Å². The molecule has 38 heavy (non-hydrogen) atoms. The van der Waals surface area contributed by atoms with Gasteiger partial charge in [0.25, 0.3) is 0 Å². The Balaban J connectivity index is 1.44. The summed E-state index contributed by atoms with van der Waals surface area (Å²) in [5.74, 6) is 0.874. The van der Waals surface area contributed by atoms with Crippen LogP contribution in [-0.2, 0) is 0 Å². The van der Waals surface area contributed by atoms with Gasteiger partial charge in [-0.3, -0.25) is 0 Å². The fourth-order valence-electron chi connectivity index (χ4n) is 6.35. The fraction of sp³-hybridized carbons (Fsp3) is 0.379. The maximum atomic E-state index is 16.7. The normalized spacial score (nSPS) is 21.6. The van der Waals surface area contributed by atoms with E-state index < -0.39 is 5.82 Å². The molecule has 9 heteroatoms. The highest BCUT2D eigenvalue weighted by Gasteiger charge is 2.40. The van der Waals surface area contributed by atoms with Gasteiger partial charge in [0.1, 0.15) is 17.1 Å². The summed E-state index contributed by atoms with van der Waals surface area (Å²) >= 11 is 6.86. The molecule has 196 valence electrons. The standard InChI is InChI=1S/C29H30ClFN6O/c1-35(2)17-14-36(15-17)29-33-27-21(28(34-29)37-10-8-23-24(37)7-9-32-23)13-22(30)25(26(27)31)20-12-18(38)11-16-5-3-4-6-19(16)20/h3-6,11-13,17,23-24,32,38H,7-10,14-15H2,1-2H3. The molecule has 2 unspecified atom stereocenters. The van der Waals surface area contributed by atoms with Gasteiger partial charge in [-0.2, -0.15) is 4.98 Å². The van der Waals surface area contributed by atoms with Crippen molar-refractivity contribution < 1.29 is 9.50 Å². The Morgan fingerprint density at radius 1 is 1.08 bits per heavy atom. The Kier molecular flexibility index (Phi) is 5.61. The molecule has 7 rings (SSSR count). The van der Waals surface area contributed by atoms with Gasteiger partial charge in [-0.05, 0) is 68.0 Å². The maximum absolute atomic E-state index is 16.7. The highest BCUT2D eigenvalue weighted by Crippen LogP contribution is 2.44. The van der Waals surface area contributed by atoms with Crippen molar-refractivity contribution >= 4 is 45.0 Å². The van der Waals surface area contributed by atoms with Crippen molar-refractivity contribution in [1.29, 1.82) is 0 Å². The third kappa shape index (κ3) is 3.69. The van der Waals surface area contributed by atoms with Crippen molar-refractivity contribution in [3.05, 3.63) is 53.3 Å². The molecule has 7 nitrogen and oxygen atoms in total. The number of hydrogen-bond acceptors (Lipinski definition) is 7. The summed E-state index contributed by atoms with van der Waals surface area (Å²) < 4.78 is 16.7. The molecular weight excluding hydrogens is 503 g/mol. The smallest absolute Gasteiger partial charge is 0.228 e. The van der Waals surface area contributed by atoms with Crippen LogP contribution in [0.25, 0.3) is 32.8 Å². The number of aromatic nitrogens is 2. The molecule has 3 saturated heterocycles. The summed E-state index contributed by atoms with van der Waals surface area (Å²) in [6, 6.07) is 13.8. The molecule has 0 spiro atoms. The van der Waals surface area contributed by atoms with Crippen LogP contribution < -0.4 is 15.1 Å². The molecule has 1 aromatic heterocycles. The predicted octanol–water partition coefficient (Wildman–Crippen LogP) is 4.64. The van der Waals surface area contributed by atoms with Crippen LogP contribution in [-0.4, -0.2) is 78.4 Å². The lowest BCUT2D eigenvalue weighted by atomic mass is 9.96. The number of aromatic hydroxyl groups is 1. The summed E-state index contributed by atoms with van der Waals surface area (Å²) in [5.41, 5.74) is 1.06. The van der Waals surface area contributed by atoms with Gasteiger partial charge in [-0.25, -0.2) is 9.37 Å².